The SMILES string of the molecule is COc1ccccc1CC(=O)N[C@@H](C)c1cccc(NS(C)(=O)=O)c1. The Labute approximate surface area is 148 Å². The summed E-state index contributed by atoms with van der Waals surface area (Å²) in [6.45, 7) is 1.85. The highest BCUT2D eigenvalue weighted by Gasteiger charge is 2.13. The normalized spacial score (nSPS) is 12.3. The topological polar surface area (TPSA) is 84.5 Å². The first kappa shape index (κ1) is 18.8. The Kier molecular flexibility index (Phi) is 6.03. The fourth-order valence-corrected chi connectivity index (χ4v) is 3.04. The van der Waals surface area contributed by atoms with Crippen LogP contribution in [0.3, 0.4) is 0 Å². The Bertz CT molecular complexity index is 850. The molecule has 0 saturated carbocycles. The molecule has 0 saturated heterocycles. The van der Waals surface area contributed by atoms with Crippen LogP contribution in [0.1, 0.15) is 24.1 Å². The van der Waals surface area contributed by atoms with Crippen molar-refractivity contribution in [2.75, 3.05) is 18.1 Å². The number of anilines is 1. The van der Waals surface area contributed by atoms with E-state index in [1.54, 1.807) is 25.3 Å². The highest BCUT2D eigenvalue weighted by atomic mass is 32.2. The summed E-state index contributed by atoms with van der Waals surface area (Å²) in [5.74, 6) is 0.531. The first-order valence-electron chi connectivity index (χ1n) is 7.77. The van der Waals surface area contributed by atoms with Gasteiger partial charge in [0, 0.05) is 11.3 Å². The minimum Gasteiger partial charge on any atom is -0.496 e. The second-order valence-corrected chi connectivity index (χ2v) is 7.53. The molecule has 25 heavy (non-hydrogen) atoms. The molecule has 0 spiro atoms. The molecule has 0 heterocycles. The van der Waals surface area contributed by atoms with E-state index >= 15 is 0 Å². The molecule has 0 fully saturated rings. The molecular formula is C18H22N2O4S. The van der Waals surface area contributed by atoms with Gasteiger partial charge in [-0.05, 0) is 30.7 Å². The van der Waals surface area contributed by atoms with Crippen LogP contribution in [0.15, 0.2) is 48.5 Å². The predicted octanol–water partition coefficient (Wildman–Crippen LogP) is 2.49. The molecule has 2 rings (SSSR count). The fourth-order valence-electron chi connectivity index (χ4n) is 2.48. The van der Waals surface area contributed by atoms with Crippen LogP contribution in [0.2, 0.25) is 0 Å². The summed E-state index contributed by atoms with van der Waals surface area (Å²) in [5.41, 5.74) is 2.08. The number of hydrogen-bond donors (Lipinski definition) is 2. The van der Waals surface area contributed by atoms with Gasteiger partial charge in [-0.15, -0.1) is 0 Å². The van der Waals surface area contributed by atoms with Crippen molar-refractivity contribution in [1.82, 2.24) is 5.32 Å². The molecule has 1 amide bonds. The molecule has 0 radical (unpaired) electrons. The molecule has 0 aliphatic heterocycles. The lowest BCUT2D eigenvalue weighted by Gasteiger charge is -2.16. The van der Waals surface area contributed by atoms with Crippen molar-refractivity contribution in [1.29, 1.82) is 0 Å². The van der Waals surface area contributed by atoms with E-state index in [1.165, 1.54) is 0 Å². The Morgan fingerprint density at radius 3 is 2.56 bits per heavy atom. The van der Waals surface area contributed by atoms with Crippen LogP contribution in [-0.2, 0) is 21.2 Å². The zero-order chi connectivity index (χ0) is 18.4. The van der Waals surface area contributed by atoms with E-state index in [4.69, 9.17) is 4.74 Å². The first-order valence-corrected chi connectivity index (χ1v) is 9.66. The molecule has 0 unspecified atom stereocenters. The van der Waals surface area contributed by atoms with Crippen LogP contribution in [0.5, 0.6) is 5.75 Å². The average molecular weight is 362 g/mol. The standard InChI is InChI=1S/C18H22N2O4S/c1-13(14-8-6-9-16(11-14)20-25(3,22)23)19-18(21)12-15-7-4-5-10-17(15)24-2/h4-11,13,20H,12H2,1-3H3,(H,19,21)/t13-/m0/s1. The van der Waals surface area contributed by atoms with E-state index in [0.29, 0.717) is 11.4 Å². The van der Waals surface area contributed by atoms with Crippen molar-refractivity contribution >= 4 is 21.6 Å². The van der Waals surface area contributed by atoms with Crippen molar-refractivity contribution in [3.63, 3.8) is 0 Å². The van der Waals surface area contributed by atoms with Crippen molar-refractivity contribution in [3.8, 4) is 5.75 Å². The minimum atomic E-state index is -3.34. The van der Waals surface area contributed by atoms with Crippen LogP contribution < -0.4 is 14.8 Å². The molecule has 7 heteroatoms. The summed E-state index contributed by atoms with van der Waals surface area (Å²) in [5, 5.41) is 2.91. The number of rotatable bonds is 7. The number of amides is 1. The first-order chi connectivity index (χ1) is 11.8. The van der Waals surface area contributed by atoms with Gasteiger partial charge in [-0.25, -0.2) is 8.42 Å². The molecule has 0 aliphatic carbocycles. The quantitative estimate of drug-likeness (QED) is 0.792. The van der Waals surface area contributed by atoms with E-state index in [0.717, 1.165) is 17.4 Å². The summed E-state index contributed by atoms with van der Waals surface area (Å²) < 4.78 is 30.3. The second-order valence-electron chi connectivity index (χ2n) is 5.78. The summed E-state index contributed by atoms with van der Waals surface area (Å²) in [4.78, 5) is 12.3. The molecule has 0 aliphatic rings. The molecule has 2 aromatic rings. The summed E-state index contributed by atoms with van der Waals surface area (Å²) in [7, 11) is -1.77. The molecule has 6 nitrogen and oxygen atoms in total. The maximum atomic E-state index is 12.3. The average Bonchev–Trinajstić information content (AvgIpc) is 2.54. The highest BCUT2D eigenvalue weighted by molar-refractivity contribution is 7.92. The third-order valence-corrected chi connectivity index (χ3v) is 4.22. The molecule has 0 bridgehead atoms. The highest BCUT2D eigenvalue weighted by Crippen LogP contribution is 2.20. The van der Waals surface area contributed by atoms with Crippen LogP contribution in [-0.4, -0.2) is 27.7 Å². The number of carbonyl (C=O) groups excluding carboxylic acids is 1. The largest absolute Gasteiger partial charge is 0.496 e. The molecule has 2 N–H and O–H groups in total. The number of para-hydroxylation sites is 1. The number of sulfonamides is 1. The number of methoxy groups -OCH3 is 1. The van der Waals surface area contributed by atoms with Crippen molar-refractivity contribution < 1.29 is 17.9 Å². The fraction of sp³-hybridized carbons (Fsp3) is 0.278. The molecule has 2 aromatic carbocycles. The van der Waals surface area contributed by atoms with Crippen LogP contribution in [0.4, 0.5) is 5.69 Å². The van der Waals surface area contributed by atoms with Gasteiger partial charge < -0.3 is 10.1 Å². The van der Waals surface area contributed by atoms with Gasteiger partial charge in [0.2, 0.25) is 15.9 Å². The molecule has 0 aromatic heterocycles. The molecular weight excluding hydrogens is 340 g/mol. The maximum Gasteiger partial charge on any atom is 0.229 e. The van der Waals surface area contributed by atoms with Crippen molar-refractivity contribution in [2.24, 2.45) is 0 Å². The van der Waals surface area contributed by atoms with Gasteiger partial charge >= 0.3 is 0 Å². The summed E-state index contributed by atoms with van der Waals surface area (Å²) in [6, 6.07) is 14.0. The number of benzene rings is 2. The van der Waals surface area contributed by atoms with E-state index in [-0.39, 0.29) is 18.4 Å². The lowest BCUT2D eigenvalue weighted by molar-refractivity contribution is -0.121. The number of nitrogens with one attached hydrogen (secondary N) is 2. The van der Waals surface area contributed by atoms with Gasteiger partial charge in [0.15, 0.2) is 0 Å². The number of ether oxygens (including phenoxy) is 1. The minimum absolute atomic E-state index is 0.140. The van der Waals surface area contributed by atoms with Gasteiger partial charge in [-0.2, -0.15) is 0 Å². The Balaban J connectivity index is 2.05. The third-order valence-electron chi connectivity index (χ3n) is 3.61. The van der Waals surface area contributed by atoms with E-state index < -0.39 is 10.0 Å². The Hall–Kier alpha value is -2.54. The van der Waals surface area contributed by atoms with Gasteiger partial charge in [-0.1, -0.05) is 30.3 Å². The number of hydrogen-bond acceptors (Lipinski definition) is 4. The summed E-state index contributed by atoms with van der Waals surface area (Å²) >= 11 is 0. The second kappa shape index (κ2) is 8.02. The van der Waals surface area contributed by atoms with E-state index in [2.05, 4.69) is 10.0 Å². The van der Waals surface area contributed by atoms with E-state index in [1.807, 2.05) is 37.3 Å². The smallest absolute Gasteiger partial charge is 0.229 e. The zero-order valence-corrected chi connectivity index (χ0v) is 15.3. The van der Waals surface area contributed by atoms with Gasteiger partial charge in [0.05, 0.1) is 25.8 Å². The molecule has 1 atom stereocenters. The van der Waals surface area contributed by atoms with Gasteiger partial charge in [0.1, 0.15) is 5.75 Å². The zero-order valence-electron chi connectivity index (χ0n) is 14.4. The van der Waals surface area contributed by atoms with Crippen molar-refractivity contribution in [3.05, 3.63) is 59.7 Å². The van der Waals surface area contributed by atoms with Gasteiger partial charge in [0.25, 0.3) is 0 Å². The van der Waals surface area contributed by atoms with Crippen LogP contribution in [0, 0.1) is 0 Å². The van der Waals surface area contributed by atoms with Crippen LogP contribution >= 0.6 is 0 Å². The predicted molar refractivity (Wildman–Crippen MR) is 98.2 cm³/mol. The van der Waals surface area contributed by atoms with E-state index in [9.17, 15) is 13.2 Å². The third kappa shape index (κ3) is 5.79. The van der Waals surface area contributed by atoms with Crippen LogP contribution in [0.25, 0.3) is 0 Å². The van der Waals surface area contributed by atoms with Crippen molar-refractivity contribution in [2.45, 2.75) is 19.4 Å². The monoisotopic (exact) mass is 362 g/mol. The lowest BCUT2D eigenvalue weighted by atomic mass is 10.1. The van der Waals surface area contributed by atoms with Gasteiger partial charge in [-0.3, -0.25) is 9.52 Å². The Morgan fingerprint density at radius 1 is 1.16 bits per heavy atom. The maximum absolute atomic E-state index is 12.3. The molecule has 134 valence electrons. The number of carbonyl (C=O) groups is 1. The Morgan fingerprint density at radius 2 is 1.88 bits per heavy atom. The lowest BCUT2D eigenvalue weighted by Crippen LogP contribution is -2.28. The summed E-state index contributed by atoms with van der Waals surface area (Å²) in [6.07, 6.45) is 1.30.